The van der Waals surface area contributed by atoms with E-state index in [4.69, 9.17) is 4.42 Å². The molecule has 0 N–H and O–H groups in total. The van der Waals surface area contributed by atoms with Crippen LogP contribution in [0.5, 0.6) is 0 Å². The summed E-state index contributed by atoms with van der Waals surface area (Å²) in [4.78, 5) is 17.8. The number of hydrogen-bond donors (Lipinski definition) is 0. The van der Waals surface area contributed by atoms with Crippen LogP contribution in [0.3, 0.4) is 0 Å². The standard InChI is InChI=1S/C26H28N2O2/c29-25(22-11-16-30-20-22)28(23-9-5-2-6-10-23)24-17-26(18-24)12-14-27(15-13-26)19-21-7-3-1-4-8-21/h1-11,16,20,24H,12-15,17-19H2. The normalized spacial score (nSPS) is 18.8. The van der Waals surface area contributed by atoms with E-state index in [1.165, 1.54) is 18.4 Å². The molecule has 4 nitrogen and oxygen atoms in total. The van der Waals surface area contributed by atoms with Gasteiger partial charge >= 0.3 is 0 Å². The van der Waals surface area contributed by atoms with Crippen LogP contribution in [-0.4, -0.2) is 29.9 Å². The Kier molecular flexibility index (Phi) is 5.17. The first-order valence-corrected chi connectivity index (χ1v) is 10.9. The SMILES string of the molecule is O=C(c1ccoc1)N(c1ccccc1)C1CC2(CCN(Cc3ccccc3)CC2)C1. The summed E-state index contributed by atoms with van der Waals surface area (Å²) < 4.78 is 5.17. The number of rotatable bonds is 5. The number of benzene rings is 2. The number of likely N-dealkylation sites (tertiary alicyclic amines) is 1. The van der Waals surface area contributed by atoms with Crippen molar-refractivity contribution < 1.29 is 9.21 Å². The van der Waals surface area contributed by atoms with Crippen LogP contribution in [0.1, 0.15) is 41.6 Å². The third kappa shape index (κ3) is 3.80. The Morgan fingerprint density at radius 1 is 0.967 bits per heavy atom. The van der Waals surface area contributed by atoms with Gasteiger partial charge in [0.15, 0.2) is 0 Å². The van der Waals surface area contributed by atoms with Crippen molar-refractivity contribution in [1.82, 2.24) is 4.90 Å². The summed E-state index contributed by atoms with van der Waals surface area (Å²) in [5.41, 5.74) is 3.38. The molecule has 4 heteroatoms. The predicted octanol–water partition coefficient (Wildman–Crippen LogP) is 5.37. The molecule has 1 saturated heterocycles. The molecule has 30 heavy (non-hydrogen) atoms. The largest absolute Gasteiger partial charge is 0.472 e. The summed E-state index contributed by atoms with van der Waals surface area (Å²) in [7, 11) is 0. The van der Waals surface area contributed by atoms with E-state index in [1.54, 1.807) is 18.6 Å². The Hall–Kier alpha value is -2.85. The number of piperidine rings is 1. The molecule has 3 aromatic rings. The number of hydrogen-bond acceptors (Lipinski definition) is 3. The second-order valence-corrected chi connectivity index (χ2v) is 8.85. The predicted molar refractivity (Wildman–Crippen MR) is 118 cm³/mol. The fourth-order valence-electron chi connectivity index (χ4n) is 5.17. The van der Waals surface area contributed by atoms with Crippen molar-refractivity contribution in [2.45, 2.75) is 38.3 Å². The van der Waals surface area contributed by atoms with E-state index in [2.05, 4.69) is 35.2 Å². The van der Waals surface area contributed by atoms with Gasteiger partial charge in [-0.2, -0.15) is 0 Å². The lowest BCUT2D eigenvalue weighted by Crippen LogP contribution is -2.56. The van der Waals surface area contributed by atoms with Gasteiger partial charge < -0.3 is 9.32 Å². The maximum Gasteiger partial charge on any atom is 0.261 e. The van der Waals surface area contributed by atoms with Crippen molar-refractivity contribution in [3.63, 3.8) is 0 Å². The van der Waals surface area contributed by atoms with Crippen molar-refractivity contribution in [2.24, 2.45) is 5.41 Å². The number of para-hydroxylation sites is 1. The van der Waals surface area contributed by atoms with Gasteiger partial charge in [-0.25, -0.2) is 0 Å². The molecule has 2 fully saturated rings. The summed E-state index contributed by atoms with van der Waals surface area (Å²) in [6.45, 7) is 3.32. The van der Waals surface area contributed by atoms with Gasteiger partial charge in [0.1, 0.15) is 6.26 Å². The molecule has 1 spiro atoms. The first-order chi connectivity index (χ1) is 14.7. The van der Waals surface area contributed by atoms with Crippen LogP contribution < -0.4 is 4.90 Å². The van der Waals surface area contributed by atoms with E-state index >= 15 is 0 Å². The smallest absolute Gasteiger partial charge is 0.261 e. The third-order valence-corrected chi connectivity index (χ3v) is 6.89. The molecule has 0 unspecified atom stereocenters. The van der Waals surface area contributed by atoms with Gasteiger partial charge in [-0.3, -0.25) is 9.69 Å². The fourth-order valence-corrected chi connectivity index (χ4v) is 5.17. The molecule has 5 rings (SSSR count). The van der Waals surface area contributed by atoms with E-state index < -0.39 is 0 Å². The molecule has 1 aromatic heterocycles. The van der Waals surface area contributed by atoms with Crippen LogP contribution in [0.2, 0.25) is 0 Å². The zero-order chi connectivity index (χ0) is 20.4. The van der Waals surface area contributed by atoms with Crippen molar-refractivity contribution in [1.29, 1.82) is 0 Å². The lowest BCUT2D eigenvalue weighted by Gasteiger charge is -2.55. The van der Waals surface area contributed by atoms with Crippen molar-refractivity contribution >= 4 is 11.6 Å². The first kappa shape index (κ1) is 19.1. The van der Waals surface area contributed by atoms with E-state index in [0.29, 0.717) is 11.0 Å². The monoisotopic (exact) mass is 400 g/mol. The molecule has 2 aliphatic rings. The van der Waals surface area contributed by atoms with E-state index in [1.807, 2.05) is 35.2 Å². The molecule has 1 saturated carbocycles. The summed E-state index contributed by atoms with van der Waals surface area (Å²) in [6.07, 6.45) is 7.74. The number of furan rings is 1. The molecule has 1 aliphatic heterocycles. The lowest BCUT2D eigenvalue weighted by molar-refractivity contribution is 0.0128. The van der Waals surface area contributed by atoms with Gasteiger partial charge in [0.2, 0.25) is 0 Å². The second-order valence-electron chi connectivity index (χ2n) is 8.85. The van der Waals surface area contributed by atoms with Gasteiger partial charge in [-0.1, -0.05) is 48.5 Å². The molecular weight excluding hydrogens is 372 g/mol. The number of anilines is 1. The van der Waals surface area contributed by atoms with Crippen LogP contribution in [-0.2, 0) is 6.54 Å². The molecule has 154 valence electrons. The minimum Gasteiger partial charge on any atom is -0.472 e. The minimum absolute atomic E-state index is 0.0383. The molecule has 0 atom stereocenters. The molecule has 2 aromatic carbocycles. The molecule has 0 radical (unpaired) electrons. The third-order valence-electron chi connectivity index (χ3n) is 6.89. The minimum atomic E-state index is 0.0383. The number of nitrogens with zero attached hydrogens (tertiary/aromatic N) is 2. The number of carbonyl (C=O) groups excluding carboxylic acids is 1. The molecule has 2 heterocycles. The first-order valence-electron chi connectivity index (χ1n) is 10.9. The highest BCUT2D eigenvalue weighted by atomic mass is 16.3. The van der Waals surface area contributed by atoms with Gasteiger partial charge in [0.25, 0.3) is 5.91 Å². The Morgan fingerprint density at radius 3 is 2.27 bits per heavy atom. The summed E-state index contributed by atoms with van der Waals surface area (Å²) in [5.74, 6) is 0.0383. The van der Waals surface area contributed by atoms with E-state index in [-0.39, 0.29) is 11.9 Å². The Labute approximate surface area is 178 Å². The van der Waals surface area contributed by atoms with Crippen LogP contribution in [0.25, 0.3) is 0 Å². The van der Waals surface area contributed by atoms with Gasteiger partial charge in [-0.15, -0.1) is 0 Å². The van der Waals surface area contributed by atoms with E-state index in [9.17, 15) is 4.79 Å². The zero-order valence-corrected chi connectivity index (χ0v) is 17.2. The lowest BCUT2D eigenvalue weighted by atomic mass is 9.60. The van der Waals surface area contributed by atoms with Crippen molar-refractivity contribution in [3.8, 4) is 0 Å². The van der Waals surface area contributed by atoms with Gasteiger partial charge in [-0.05, 0) is 68.0 Å². The molecular formula is C26H28N2O2. The van der Waals surface area contributed by atoms with Crippen molar-refractivity contribution in [2.75, 3.05) is 18.0 Å². The van der Waals surface area contributed by atoms with Gasteiger partial charge in [0, 0.05) is 18.3 Å². The van der Waals surface area contributed by atoms with Crippen LogP contribution in [0.15, 0.2) is 83.7 Å². The van der Waals surface area contributed by atoms with Crippen LogP contribution >= 0.6 is 0 Å². The quantitative estimate of drug-likeness (QED) is 0.578. The average Bonchev–Trinajstić information content (AvgIpc) is 3.30. The van der Waals surface area contributed by atoms with Crippen LogP contribution in [0, 0.1) is 5.41 Å². The Balaban J connectivity index is 1.24. The molecule has 1 amide bonds. The van der Waals surface area contributed by atoms with Crippen LogP contribution in [0.4, 0.5) is 5.69 Å². The van der Waals surface area contributed by atoms with E-state index in [0.717, 1.165) is 38.2 Å². The summed E-state index contributed by atoms with van der Waals surface area (Å²) in [6, 6.07) is 22.8. The highest BCUT2D eigenvalue weighted by Gasteiger charge is 2.49. The fraction of sp³-hybridized carbons (Fsp3) is 0.346. The Morgan fingerprint density at radius 2 is 1.63 bits per heavy atom. The van der Waals surface area contributed by atoms with Gasteiger partial charge in [0.05, 0.1) is 11.8 Å². The van der Waals surface area contributed by atoms with Crippen molar-refractivity contribution in [3.05, 3.63) is 90.4 Å². The number of amides is 1. The Bertz CT molecular complexity index is 953. The number of carbonyl (C=O) groups is 1. The maximum atomic E-state index is 13.2. The highest BCUT2D eigenvalue weighted by Crippen LogP contribution is 2.52. The molecule has 1 aliphatic carbocycles. The summed E-state index contributed by atoms with van der Waals surface area (Å²) >= 11 is 0. The zero-order valence-electron chi connectivity index (χ0n) is 17.2. The summed E-state index contributed by atoms with van der Waals surface area (Å²) in [5, 5.41) is 0. The molecule has 0 bridgehead atoms. The topological polar surface area (TPSA) is 36.7 Å². The average molecular weight is 401 g/mol. The maximum absolute atomic E-state index is 13.2. The second kappa shape index (κ2) is 8.11. The highest BCUT2D eigenvalue weighted by molar-refractivity contribution is 6.06.